The fourth-order valence-corrected chi connectivity index (χ4v) is 2.84. The molecular weight excluding hydrogens is 292 g/mol. The Balaban J connectivity index is 1.75. The number of nitrogen functional groups attached to an aromatic ring is 1. The van der Waals surface area contributed by atoms with Crippen LogP contribution < -0.4 is 11.1 Å². The Morgan fingerprint density at radius 2 is 2.22 bits per heavy atom. The van der Waals surface area contributed by atoms with Gasteiger partial charge in [0.05, 0.1) is 16.4 Å². The maximum Gasteiger partial charge on any atom is 0.140 e. The van der Waals surface area contributed by atoms with Crippen molar-refractivity contribution >= 4 is 27.4 Å². The summed E-state index contributed by atoms with van der Waals surface area (Å²) >= 11 is 3.47. The van der Waals surface area contributed by atoms with Crippen molar-refractivity contribution in [3.05, 3.63) is 16.7 Å². The monoisotopic (exact) mass is 312 g/mol. The molecule has 1 fully saturated rings. The standard InChI is InChI=1S/C13H21BrN4/c1-18-6-3-10(4-7-18)2-5-16-13-12(14)8-11(15)9-17-13/h8-10H,2-7,15H2,1H3,(H,16,17). The van der Waals surface area contributed by atoms with Gasteiger partial charge < -0.3 is 16.0 Å². The largest absolute Gasteiger partial charge is 0.397 e. The molecule has 0 radical (unpaired) electrons. The molecule has 18 heavy (non-hydrogen) atoms. The van der Waals surface area contributed by atoms with Crippen molar-refractivity contribution in [3.63, 3.8) is 0 Å². The summed E-state index contributed by atoms with van der Waals surface area (Å²) in [6, 6.07) is 1.88. The lowest BCUT2D eigenvalue weighted by Gasteiger charge is -2.28. The van der Waals surface area contributed by atoms with Crippen LogP contribution in [0.3, 0.4) is 0 Å². The number of nitrogens with two attached hydrogens (primary N) is 1. The molecule has 4 nitrogen and oxygen atoms in total. The van der Waals surface area contributed by atoms with Crippen LogP contribution in [0.4, 0.5) is 11.5 Å². The first-order valence-corrected chi connectivity index (χ1v) is 7.28. The van der Waals surface area contributed by atoms with E-state index >= 15 is 0 Å². The summed E-state index contributed by atoms with van der Waals surface area (Å²) in [4.78, 5) is 6.69. The van der Waals surface area contributed by atoms with Crippen LogP contribution >= 0.6 is 15.9 Å². The van der Waals surface area contributed by atoms with Crippen LogP contribution in [0.25, 0.3) is 0 Å². The highest BCUT2D eigenvalue weighted by Gasteiger charge is 2.16. The van der Waals surface area contributed by atoms with Gasteiger partial charge in [0.2, 0.25) is 0 Å². The fourth-order valence-electron chi connectivity index (χ4n) is 2.33. The van der Waals surface area contributed by atoms with E-state index < -0.39 is 0 Å². The Hall–Kier alpha value is -0.810. The van der Waals surface area contributed by atoms with Gasteiger partial charge in [-0.1, -0.05) is 0 Å². The van der Waals surface area contributed by atoms with E-state index in [1.807, 2.05) is 6.07 Å². The smallest absolute Gasteiger partial charge is 0.140 e. The number of likely N-dealkylation sites (tertiary alicyclic amines) is 1. The van der Waals surface area contributed by atoms with Crippen LogP contribution in [0.5, 0.6) is 0 Å². The molecule has 0 atom stereocenters. The molecule has 3 N–H and O–H groups in total. The molecule has 0 unspecified atom stereocenters. The van der Waals surface area contributed by atoms with E-state index in [0.717, 1.165) is 22.8 Å². The van der Waals surface area contributed by atoms with Crippen LogP contribution in [0.2, 0.25) is 0 Å². The maximum atomic E-state index is 5.66. The molecule has 1 aliphatic heterocycles. The van der Waals surface area contributed by atoms with Gasteiger partial charge >= 0.3 is 0 Å². The summed E-state index contributed by atoms with van der Waals surface area (Å²) in [5, 5.41) is 3.37. The summed E-state index contributed by atoms with van der Waals surface area (Å²) < 4.78 is 0.936. The molecule has 0 saturated carbocycles. The molecule has 0 aromatic carbocycles. The number of piperidine rings is 1. The molecule has 0 spiro atoms. The van der Waals surface area contributed by atoms with Crippen LogP contribution in [-0.2, 0) is 0 Å². The fraction of sp³-hybridized carbons (Fsp3) is 0.615. The van der Waals surface area contributed by atoms with Crippen molar-refractivity contribution in [1.29, 1.82) is 0 Å². The van der Waals surface area contributed by atoms with Crippen molar-refractivity contribution in [1.82, 2.24) is 9.88 Å². The first kappa shape index (κ1) is 13.6. The Morgan fingerprint density at radius 1 is 1.50 bits per heavy atom. The molecule has 1 aromatic rings. The van der Waals surface area contributed by atoms with Gasteiger partial charge in [0.1, 0.15) is 5.82 Å². The average molecular weight is 313 g/mol. The predicted octanol–water partition coefficient (Wildman–Crippen LogP) is 2.57. The molecular formula is C13H21BrN4. The normalized spacial score (nSPS) is 17.9. The van der Waals surface area contributed by atoms with Gasteiger partial charge in [-0.3, -0.25) is 0 Å². The van der Waals surface area contributed by atoms with E-state index in [-0.39, 0.29) is 0 Å². The number of halogens is 1. The molecule has 5 heteroatoms. The van der Waals surface area contributed by atoms with E-state index in [4.69, 9.17) is 5.73 Å². The van der Waals surface area contributed by atoms with E-state index in [0.29, 0.717) is 5.69 Å². The molecule has 1 aromatic heterocycles. The molecule has 100 valence electrons. The molecule has 1 aliphatic rings. The van der Waals surface area contributed by atoms with E-state index in [9.17, 15) is 0 Å². The molecule has 0 bridgehead atoms. The second kappa shape index (κ2) is 6.38. The number of nitrogens with zero attached hydrogens (tertiary/aromatic N) is 2. The molecule has 0 aliphatic carbocycles. The van der Waals surface area contributed by atoms with Gasteiger partial charge in [-0.25, -0.2) is 4.98 Å². The molecule has 0 amide bonds. The summed E-state index contributed by atoms with van der Waals surface area (Å²) in [6.07, 6.45) is 5.53. The van der Waals surface area contributed by atoms with E-state index in [1.54, 1.807) is 6.20 Å². The minimum Gasteiger partial charge on any atom is -0.397 e. The molecule has 2 rings (SSSR count). The first-order valence-electron chi connectivity index (χ1n) is 6.48. The van der Waals surface area contributed by atoms with E-state index in [2.05, 4.69) is 38.2 Å². The summed E-state index contributed by atoms with van der Waals surface area (Å²) in [7, 11) is 2.20. The van der Waals surface area contributed by atoms with Gasteiger partial charge in [0, 0.05) is 6.54 Å². The highest BCUT2D eigenvalue weighted by atomic mass is 79.9. The van der Waals surface area contributed by atoms with Crippen molar-refractivity contribution in [2.45, 2.75) is 19.3 Å². The first-order chi connectivity index (χ1) is 8.65. The van der Waals surface area contributed by atoms with Crippen molar-refractivity contribution in [2.24, 2.45) is 5.92 Å². The topological polar surface area (TPSA) is 54.2 Å². The minimum atomic E-state index is 0.683. The highest BCUT2D eigenvalue weighted by molar-refractivity contribution is 9.10. The van der Waals surface area contributed by atoms with E-state index in [1.165, 1.54) is 32.4 Å². The van der Waals surface area contributed by atoms with Crippen LogP contribution in [0.15, 0.2) is 16.7 Å². The highest BCUT2D eigenvalue weighted by Crippen LogP contribution is 2.23. The zero-order chi connectivity index (χ0) is 13.0. The number of rotatable bonds is 4. The summed E-state index contributed by atoms with van der Waals surface area (Å²) in [5.41, 5.74) is 6.34. The second-order valence-corrected chi connectivity index (χ2v) is 5.92. The maximum absolute atomic E-state index is 5.66. The van der Waals surface area contributed by atoms with Gasteiger partial charge in [0.15, 0.2) is 0 Å². The van der Waals surface area contributed by atoms with Gasteiger partial charge in [-0.2, -0.15) is 0 Å². The molecule has 1 saturated heterocycles. The summed E-state index contributed by atoms with van der Waals surface area (Å²) in [5.74, 6) is 1.73. The number of pyridine rings is 1. The Labute approximate surface area is 117 Å². The van der Waals surface area contributed by atoms with Crippen LogP contribution in [0.1, 0.15) is 19.3 Å². The lowest BCUT2D eigenvalue weighted by Crippen LogP contribution is -2.30. The Bertz CT molecular complexity index is 389. The zero-order valence-electron chi connectivity index (χ0n) is 10.8. The van der Waals surface area contributed by atoms with Gasteiger partial charge in [-0.15, -0.1) is 0 Å². The van der Waals surface area contributed by atoms with Crippen LogP contribution in [0, 0.1) is 5.92 Å². The van der Waals surface area contributed by atoms with Gasteiger partial charge in [-0.05, 0) is 67.3 Å². The Kier molecular flexibility index (Phi) is 4.83. The number of hydrogen-bond acceptors (Lipinski definition) is 4. The third-order valence-corrected chi connectivity index (χ3v) is 4.15. The van der Waals surface area contributed by atoms with Crippen molar-refractivity contribution in [2.75, 3.05) is 37.7 Å². The predicted molar refractivity (Wildman–Crippen MR) is 79.7 cm³/mol. The SMILES string of the molecule is CN1CCC(CCNc2ncc(N)cc2Br)CC1. The molecule has 2 heterocycles. The number of nitrogens with one attached hydrogen (secondary N) is 1. The Morgan fingerprint density at radius 3 is 2.89 bits per heavy atom. The third kappa shape index (κ3) is 3.85. The second-order valence-electron chi connectivity index (χ2n) is 5.06. The number of hydrogen-bond donors (Lipinski definition) is 2. The van der Waals surface area contributed by atoms with Gasteiger partial charge in [0.25, 0.3) is 0 Å². The third-order valence-electron chi connectivity index (χ3n) is 3.55. The van der Waals surface area contributed by atoms with Crippen molar-refractivity contribution in [3.8, 4) is 0 Å². The lowest BCUT2D eigenvalue weighted by molar-refractivity contribution is 0.215. The van der Waals surface area contributed by atoms with Crippen molar-refractivity contribution < 1.29 is 0 Å². The number of anilines is 2. The van der Waals surface area contributed by atoms with Crippen LogP contribution in [-0.4, -0.2) is 36.6 Å². The quantitative estimate of drug-likeness (QED) is 0.897. The minimum absolute atomic E-state index is 0.683. The zero-order valence-corrected chi connectivity index (χ0v) is 12.4. The average Bonchev–Trinajstić information content (AvgIpc) is 2.34. The number of aromatic nitrogens is 1. The summed E-state index contributed by atoms with van der Waals surface area (Å²) in [6.45, 7) is 3.44. The lowest BCUT2D eigenvalue weighted by atomic mass is 9.94.